The predicted octanol–water partition coefficient (Wildman–Crippen LogP) is 3.65. The van der Waals surface area contributed by atoms with Crippen LogP contribution in [0.1, 0.15) is 30.4 Å². The van der Waals surface area contributed by atoms with Crippen LogP contribution in [-0.2, 0) is 11.2 Å². The molecule has 1 amide bonds. The van der Waals surface area contributed by atoms with Crippen LogP contribution in [0, 0.1) is 11.6 Å². The van der Waals surface area contributed by atoms with Crippen molar-refractivity contribution in [3.05, 3.63) is 59.2 Å². The quantitative estimate of drug-likeness (QED) is 0.910. The van der Waals surface area contributed by atoms with Crippen molar-refractivity contribution in [2.45, 2.75) is 31.7 Å². The third-order valence-electron chi connectivity index (χ3n) is 4.93. The molecule has 1 aliphatic heterocycles. The van der Waals surface area contributed by atoms with Gasteiger partial charge >= 0.3 is 0 Å². The van der Waals surface area contributed by atoms with Crippen LogP contribution in [-0.4, -0.2) is 24.2 Å². The summed E-state index contributed by atoms with van der Waals surface area (Å²) in [7, 11) is 0. The number of nitrogens with zero attached hydrogens (tertiary/aromatic N) is 1. The summed E-state index contributed by atoms with van der Waals surface area (Å²) in [4.78, 5) is 17.0. The van der Waals surface area contributed by atoms with Gasteiger partial charge in [0, 0.05) is 23.7 Å². The molecule has 0 radical (unpaired) electrons. The molecule has 1 aliphatic carbocycles. The molecule has 3 nitrogen and oxygen atoms in total. The van der Waals surface area contributed by atoms with Crippen molar-refractivity contribution >= 4 is 11.6 Å². The van der Waals surface area contributed by atoms with Crippen molar-refractivity contribution in [1.29, 1.82) is 0 Å². The van der Waals surface area contributed by atoms with E-state index in [9.17, 15) is 13.6 Å². The van der Waals surface area contributed by atoms with E-state index < -0.39 is 11.6 Å². The molecule has 0 unspecified atom stereocenters. The Morgan fingerprint density at radius 3 is 2.72 bits per heavy atom. The normalized spacial score (nSPS) is 16.6. The van der Waals surface area contributed by atoms with Crippen molar-refractivity contribution in [3.8, 4) is 11.1 Å². The van der Waals surface area contributed by atoms with E-state index >= 15 is 0 Å². The molecule has 1 fully saturated rings. The van der Waals surface area contributed by atoms with Gasteiger partial charge in [-0.3, -0.25) is 9.79 Å². The summed E-state index contributed by atoms with van der Waals surface area (Å²) in [6.45, 7) is 0.564. The molecule has 2 aromatic carbocycles. The predicted molar refractivity (Wildman–Crippen MR) is 92.7 cm³/mol. The Kier molecular flexibility index (Phi) is 4.07. The van der Waals surface area contributed by atoms with E-state index in [4.69, 9.17) is 0 Å². The van der Waals surface area contributed by atoms with Gasteiger partial charge in [0.05, 0.1) is 0 Å². The average molecular weight is 340 g/mol. The highest BCUT2D eigenvalue weighted by molar-refractivity contribution is 6.46. The lowest BCUT2D eigenvalue weighted by atomic mass is 9.90. The molecular formula is C20H18F2N2O. The minimum atomic E-state index is -0.883. The van der Waals surface area contributed by atoms with Crippen LogP contribution in [0.3, 0.4) is 0 Å². The van der Waals surface area contributed by atoms with E-state index in [1.807, 2.05) is 6.07 Å². The van der Waals surface area contributed by atoms with Gasteiger partial charge in [0.25, 0.3) is 5.91 Å². The largest absolute Gasteiger partial charge is 0.348 e. The molecule has 0 bridgehead atoms. The fourth-order valence-electron chi connectivity index (χ4n) is 3.28. The van der Waals surface area contributed by atoms with E-state index in [-0.39, 0.29) is 17.5 Å². The smallest absolute Gasteiger partial charge is 0.270 e. The summed E-state index contributed by atoms with van der Waals surface area (Å²) < 4.78 is 27.7. The molecule has 25 heavy (non-hydrogen) atoms. The number of aliphatic imine (C=N–C) groups is 1. The molecule has 1 heterocycles. The Balaban J connectivity index is 1.71. The summed E-state index contributed by atoms with van der Waals surface area (Å²) >= 11 is 0. The van der Waals surface area contributed by atoms with Crippen molar-refractivity contribution in [2.24, 2.45) is 4.99 Å². The highest BCUT2D eigenvalue weighted by atomic mass is 19.2. The van der Waals surface area contributed by atoms with E-state index in [2.05, 4.69) is 10.3 Å². The maximum atomic E-state index is 14.1. The third kappa shape index (κ3) is 2.95. The summed E-state index contributed by atoms with van der Waals surface area (Å²) in [6, 6.07) is 9.72. The fraction of sp³-hybridized carbons (Fsp3) is 0.300. The average Bonchev–Trinajstić information content (AvgIpc) is 2.59. The van der Waals surface area contributed by atoms with Crippen molar-refractivity contribution in [2.75, 3.05) is 6.54 Å². The zero-order valence-electron chi connectivity index (χ0n) is 13.7. The lowest BCUT2D eigenvalue weighted by Gasteiger charge is -2.27. The van der Waals surface area contributed by atoms with Crippen molar-refractivity contribution in [1.82, 2.24) is 5.32 Å². The molecule has 0 saturated heterocycles. The van der Waals surface area contributed by atoms with Gasteiger partial charge in [0.1, 0.15) is 5.71 Å². The van der Waals surface area contributed by atoms with E-state index in [1.165, 1.54) is 12.1 Å². The van der Waals surface area contributed by atoms with Crippen molar-refractivity contribution in [3.63, 3.8) is 0 Å². The maximum absolute atomic E-state index is 14.1. The number of halogens is 2. The van der Waals surface area contributed by atoms with Gasteiger partial charge in [0.2, 0.25) is 0 Å². The first-order valence-electron chi connectivity index (χ1n) is 8.56. The Morgan fingerprint density at radius 1 is 1.12 bits per heavy atom. The topological polar surface area (TPSA) is 41.5 Å². The molecule has 5 heteroatoms. The minimum absolute atomic E-state index is 0.178. The van der Waals surface area contributed by atoms with E-state index in [0.717, 1.165) is 37.3 Å². The highest BCUT2D eigenvalue weighted by Gasteiger charge is 2.26. The molecule has 1 N–H and O–H groups in total. The van der Waals surface area contributed by atoms with Gasteiger partial charge in [0.15, 0.2) is 11.6 Å². The number of hydrogen-bond acceptors (Lipinski definition) is 2. The van der Waals surface area contributed by atoms with E-state index in [1.54, 1.807) is 12.1 Å². The Labute approximate surface area is 144 Å². The van der Waals surface area contributed by atoms with Gasteiger partial charge in [-0.15, -0.1) is 0 Å². The molecule has 128 valence electrons. The Morgan fingerprint density at radius 2 is 1.96 bits per heavy atom. The number of amides is 1. The van der Waals surface area contributed by atoms with Crippen molar-refractivity contribution < 1.29 is 13.6 Å². The van der Waals surface area contributed by atoms with Gasteiger partial charge in [-0.05, 0) is 48.9 Å². The summed E-state index contributed by atoms with van der Waals surface area (Å²) in [5.74, 6) is -1.94. The van der Waals surface area contributed by atoms with Crippen LogP contribution in [0.5, 0.6) is 0 Å². The number of hydrogen-bond donors (Lipinski definition) is 1. The number of nitrogens with one attached hydrogen (secondary N) is 1. The zero-order valence-corrected chi connectivity index (χ0v) is 13.7. The zero-order chi connectivity index (χ0) is 17.4. The lowest BCUT2D eigenvalue weighted by molar-refractivity contribution is -0.115. The Bertz CT molecular complexity index is 872. The van der Waals surface area contributed by atoms with Gasteiger partial charge in [-0.25, -0.2) is 8.78 Å². The molecular weight excluding hydrogens is 322 g/mol. The number of carbonyl (C=O) groups excluding carboxylic acids is 1. The van der Waals surface area contributed by atoms with Crippen LogP contribution in [0.4, 0.5) is 8.78 Å². The molecule has 1 saturated carbocycles. The van der Waals surface area contributed by atoms with Crippen LogP contribution in [0.2, 0.25) is 0 Å². The monoisotopic (exact) mass is 340 g/mol. The number of carbonyl (C=O) groups is 1. The van der Waals surface area contributed by atoms with Crippen LogP contribution >= 0.6 is 0 Å². The molecule has 0 spiro atoms. The Hall–Kier alpha value is -2.56. The second-order valence-corrected chi connectivity index (χ2v) is 6.55. The fourth-order valence-corrected chi connectivity index (χ4v) is 3.28. The first-order valence-corrected chi connectivity index (χ1v) is 8.56. The van der Waals surface area contributed by atoms with Gasteiger partial charge < -0.3 is 5.32 Å². The van der Waals surface area contributed by atoms with E-state index in [0.29, 0.717) is 23.4 Å². The van der Waals surface area contributed by atoms with Gasteiger partial charge in [-0.2, -0.15) is 0 Å². The molecule has 2 aliphatic rings. The molecule has 4 rings (SSSR count). The summed E-state index contributed by atoms with van der Waals surface area (Å²) in [5.41, 5.74) is 2.85. The second kappa shape index (κ2) is 6.39. The molecule has 2 aromatic rings. The first kappa shape index (κ1) is 15.9. The third-order valence-corrected chi connectivity index (χ3v) is 4.93. The van der Waals surface area contributed by atoms with Crippen LogP contribution in [0.15, 0.2) is 41.4 Å². The summed E-state index contributed by atoms with van der Waals surface area (Å²) in [6.07, 6.45) is 3.87. The molecule has 0 aromatic heterocycles. The second-order valence-electron chi connectivity index (χ2n) is 6.55. The molecule has 0 atom stereocenters. The van der Waals surface area contributed by atoms with Gasteiger partial charge in [-0.1, -0.05) is 24.3 Å². The SMILES string of the molecule is O=C(NC1CCC1)C1=NCCc2ccc(-c3cccc(F)c3F)cc21. The standard InChI is InChI=1S/C20H18F2N2O/c21-17-6-2-5-15(18(17)22)13-8-7-12-9-10-23-19(16(12)11-13)20(25)24-14-3-1-4-14/h2,5-8,11,14H,1,3-4,9-10H2,(H,24,25). The van der Waals surface area contributed by atoms with Crippen LogP contribution < -0.4 is 5.32 Å². The maximum Gasteiger partial charge on any atom is 0.270 e. The summed E-state index contributed by atoms with van der Waals surface area (Å²) in [5, 5.41) is 3.00. The first-order chi connectivity index (χ1) is 12.1. The minimum Gasteiger partial charge on any atom is -0.348 e. The lowest BCUT2D eigenvalue weighted by Crippen LogP contribution is -2.44. The number of benzene rings is 2. The number of fused-ring (bicyclic) bond motifs is 1. The highest BCUT2D eigenvalue weighted by Crippen LogP contribution is 2.28. The number of rotatable bonds is 3. The van der Waals surface area contributed by atoms with Crippen LogP contribution in [0.25, 0.3) is 11.1 Å².